The summed E-state index contributed by atoms with van der Waals surface area (Å²) in [6, 6.07) is 23.1. The predicted molar refractivity (Wildman–Crippen MR) is 116 cm³/mol. The Bertz CT molecular complexity index is 1010. The fourth-order valence-corrected chi connectivity index (χ4v) is 3.18. The first kappa shape index (κ1) is 21.4. The molecule has 3 aromatic carbocycles. The van der Waals surface area contributed by atoms with Crippen LogP contribution in [0.25, 0.3) is 0 Å². The summed E-state index contributed by atoms with van der Waals surface area (Å²) < 4.78 is 10.7. The Morgan fingerprint density at radius 1 is 0.933 bits per heavy atom. The van der Waals surface area contributed by atoms with Crippen molar-refractivity contribution in [3.05, 3.63) is 101 Å². The summed E-state index contributed by atoms with van der Waals surface area (Å²) in [5.41, 5.74) is 2.19. The summed E-state index contributed by atoms with van der Waals surface area (Å²) in [6.07, 6.45) is 0.255. The smallest absolute Gasteiger partial charge is 0.328 e. The van der Waals surface area contributed by atoms with Crippen molar-refractivity contribution in [1.82, 2.24) is 5.32 Å². The lowest BCUT2D eigenvalue weighted by Crippen LogP contribution is -2.43. The van der Waals surface area contributed by atoms with Crippen LogP contribution in [-0.2, 0) is 22.6 Å². The van der Waals surface area contributed by atoms with Crippen LogP contribution in [0.15, 0.2) is 78.9 Å². The number of halogens is 1. The molecule has 0 bridgehead atoms. The summed E-state index contributed by atoms with van der Waals surface area (Å²) >= 11 is 6.09. The number of nitrogens with one attached hydrogen (secondary N) is 1. The number of benzene rings is 3. The fourth-order valence-electron chi connectivity index (χ4n) is 2.96. The lowest BCUT2D eigenvalue weighted by Gasteiger charge is -2.17. The van der Waals surface area contributed by atoms with E-state index in [4.69, 9.17) is 21.1 Å². The van der Waals surface area contributed by atoms with E-state index in [9.17, 15) is 9.59 Å². The fraction of sp³-hybridized carbons (Fsp3) is 0.167. The quantitative estimate of drug-likeness (QED) is 0.544. The number of methoxy groups -OCH3 is 1. The Hall–Kier alpha value is -3.31. The molecule has 0 aromatic heterocycles. The number of rotatable bonds is 8. The molecule has 3 aromatic rings. The third-order valence-electron chi connectivity index (χ3n) is 4.50. The number of carbonyl (C=O) groups excluding carboxylic acids is 2. The topological polar surface area (TPSA) is 64.6 Å². The van der Waals surface area contributed by atoms with Crippen LogP contribution in [-0.4, -0.2) is 25.0 Å². The highest BCUT2D eigenvalue weighted by Crippen LogP contribution is 2.18. The molecule has 3 rings (SSSR count). The first-order chi connectivity index (χ1) is 14.6. The molecular formula is C24H22ClNO4. The average Bonchev–Trinajstić information content (AvgIpc) is 2.78. The number of hydrogen-bond acceptors (Lipinski definition) is 4. The Morgan fingerprint density at radius 3 is 2.37 bits per heavy atom. The van der Waals surface area contributed by atoms with Gasteiger partial charge in [-0.3, -0.25) is 4.79 Å². The first-order valence-electron chi connectivity index (χ1n) is 9.45. The second kappa shape index (κ2) is 10.5. The molecule has 1 atom stereocenters. The zero-order valence-electron chi connectivity index (χ0n) is 16.5. The van der Waals surface area contributed by atoms with Crippen LogP contribution in [0, 0.1) is 0 Å². The van der Waals surface area contributed by atoms with Crippen LogP contribution in [0.3, 0.4) is 0 Å². The van der Waals surface area contributed by atoms with E-state index in [1.54, 1.807) is 24.3 Å². The number of amides is 1. The summed E-state index contributed by atoms with van der Waals surface area (Å²) in [5.74, 6) is -0.295. The van der Waals surface area contributed by atoms with Gasteiger partial charge in [0.2, 0.25) is 0 Å². The van der Waals surface area contributed by atoms with E-state index < -0.39 is 17.9 Å². The molecule has 154 valence electrons. The van der Waals surface area contributed by atoms with Crippen LogP contribution >= 0.6 is 11.6 Å². The number of esters is 1. The predicted octanol–water partition coefficient (Wildman–Crippen LogP) is 4.43. The van der Waals surface area contributed by atoms with Gasteiger partial charge in [0.05, 0.1) is 17.7 Å². The highest BCUT2D eigenvalue weighted by molar-refractivity contribution is 6.33. The van der Waals surface area contributed by atoms with Gasteiger partial charge in [0.25, 0.3) is 5.91 Å². The summed E-state index contributed by atoms with van der Waals surface area (Å²) in [7, 11) is 1.29. The van der Waals surface area contributed by atoms with E-state index >= 15 is 0 Å². The number of hydrogen-bond donors (Lipinski definition) is 1. The standard InChI is InChI=1S/C24H22ClNO4/c1-29-24(28)22(26-23(27)20-12-5-6-13-21(20)25)15-18-10-7-11-19(14-18)30-16-17-8-3-2-4-9-17/h2-14,22H,15-16H2,1H3,(H,26,27)/t22-/m0/s1. The third-order valence-corrected chi connectivity index (χ3v) is 4.83. The molecule has 0 saturated carbocycles. The number of carbonyl (C=O) groups is 2. The van der Waals surface area contributed by atoms with Crippen molar-refractivity contribution in [3.63, 3.8) is 0 Å². The van der Waals surface area contributed by atoms with Crippen molar-refractivity contribution in [1.29, 1.82) is 0 Å². The van der Waals surface area contributed by atoms with Gasteiger partial charge in [0, 0.05) is 6.42 Å². The van der Waals surface area contributed by atoms with Gasteiger partial charge in [-0.25, -0.2) is 4.79 Å². The molecule has 5 nitrogen and oxygen atoms in total. The molecule has 30 heavy (non-hydrogen) atoms. The van der Waals surface area contributed by atoms with Crippen molar-refractivity contribution in [2.75, 3.05) is 7.11 Å². The van der Waals surface area contributed by atoms with Gasteiger partial charge in [0.15, 0.2) is 0 Å². The first-order valence-corrected chi connectivity index (χ1v) is 9.83. The summed E-state index contributed by atoms with van der Waals surface area (Å²) in [4.78, 5) is 24.8. The monoisotopic (exact) mass is 423 g/mol. The molecule has 0 fully saturated rings. The Balaban J connectivity index is 1.69. The molecule has 0 spiro atoms. The van der Waals surface area contributed by atoms with Crippen LogP contribution < -0.4 is 10.1 Å². The van der Waals surface area contributed by atoms with E-state index in [0.717, 1.165) is 11.1 Å². The second-order valence-corrected chi connectivity index (χ2v) is 7.06. The minimum Gasteiger partial charge on any atom is -0.489 e. The van der Waals surface area contributed by atoms with E-state index in [1.807, 2.05) is 54.6 Å². The molecule has 1 N–H and O–H groups in total. The maximum Gasteiger partial charge on any atom is 0.328 e. The van der Waals surface area contributed by atoms with Crippen LogP contribution in [0.4, 0.5) is 0 Å². The molecule has 0 aliphatic rings. The molecule has 0 unspecified atom stereocenters. The zero-order valence-corrected chi connectivity index (χ0v) is 17.3. The summed E-state index contributed by atoms with van der Waals surface area (Å²) in [6.45, 7) is 0.438. The highest BCUT2D eigenvalue weighted by atomic mass is 35.5. The van der Waals surface area contributed by atoms with Gasteiger partial charge in [-0.05, 0) is 35.4 Å². The summed E-state index contributed by atoms with van der Waals surface area (Å²) in [5, 5.41) is 3.03. The molecular weight excluding hydrogens is 402 g/mol. The molecule has 0 aliphatic heterocycles. The van der Waals surface area contributed by atoms with Gasteiger partial charge in [-0.1, -0.05) is 66.2 Å². The van der Waals surface area contributed by atoms with Crippen molar-refractivity contribution in [2.45, 2.75) is 19.1 Å². The average molecular weight is 424 g/mol. The van der Waals surface area contributed by atoms with Gasteiger partial charge in [0.1, 0.15) is 18.4 Å². The second-order valence-electron chi connectivity index (χ2n) is 6.65. The molecule has 0 saturated heterocycles. The van der Waals surface area contributed by atoms with Crippen molar-refractivity contribution < 1.29 is 19.1 Å². The maximum atomic E-state index is 12.6. The normalized spacial score (nSPS) is 11.4. The van der Waals surface area contributed by atoms with E-state index in [-0.39, 0.29) is 6.42 Å². The maximum absolute atomic E-state index is 12.6. The van der Waals surface area contributed by atoms with Gasteiger partial charge in [-0.15, -0.1) is 0 Å². The van der Waals surface area contributed by atoms with E-state index in [0.29, 0.717) is 22.9 Å². The molecule has 6 heteroatoms. The molecule has 0 radical (unpaired) electrons. The van der Waals surface area contributed by atoms with Gasteiger partial charge < -0.3 is 14.8 Å². The lowest BCUT2D eigenvalue weighted by molar-refractivity contribution is -0.142. The lowest BCUT2D eigenvalue weighted by atomic mass is 10.0. The third kappa shape index (κ3) is 5.84. The van der Waals surface area contributed by atoms with Crippen molar-refractivity contribution >= 4 is 23.5 Å². The highest BCUT2D eigenvalue weighted by Gasteiger charge is 2.23. The molecule has 0 heterocycles. The van der Waals surface area contributed by atoms with E-state index in [1.165, 1.54) is 7.11 Å². The molecule has 0 aliphatic carbocycles. The zero-order chi connectivity index (χ0) is 21.3. The van der Waals surface area contributed by atoms with Gasteiger partial charge >= 0.3 is 5.97 Å². The van der Waals surface area contributed by atoms with E-state index in [2.05, 4.69) is 5.32 Å². The van der Waals surface area contributed by atoms with Crippen molar-refractivity contribution in [2.24, 2.45) is 0 Å². The largest absolute Gasteiger partial charge is 0.489 e. The molecule has 1 amide bonds. The Morgan fingerprint density at radius 2 is 1.63 bits per heavy atom. The minimum atomic E-state index is -0.858. The minimum absolute atomic E-state index is 0.255. The van der Waals surface area contributed by atoms with Crippen LogP contribution in [0.2, 0.25) is 5.02 Å². The van der Waals surface area contributed by atoms with Gasteiger partial charge in [-0.2, -0.15) is 0 Å². The van der Waals surface area contributed by atoms with Crippen LogP contribution in [0.5, 0.6) is 5.75 Å². The van der Waals surface area contributed by atoms with Crippen LogP contribution in [0.1, 0.15) is 21.5 Å². The van der Waals surface area contributed by atoms with Crippen molar-refractivity contribution in [3.8, 4) is 5.75 Å². The number of ether oxygens (including phenoxy) is 2. The Labute approximate surface area is 180 Å². The Kier molecular flexibility index (Phi) is 7.46. The SMILES string of the molecule is COC(=O)[C@H](Cc1cccc(OCc2ccccc2)c1)NC(=O)c1ccccc1Cl.